The summed E-state index contributed by atoms with van der Waals surface area (Å²) < 4.78 is 0. The van der Waals surface area contributed by atoms with Crippen molar-refractivity contribution >= 4 is 0 Å². The van der Waals surface area contributed by atoms with Crippen molar-refractivity contribution in [1.82, 2.24) is 14.8 Å². The molecule has 0 spiro atoms. The van der Waals surface area contributed by atoms with Gasteiger partial charge in [-0.05, 0) is 20.2 Å². The third-order valence-electron chi connectivity index (χ3n) is 3.29. The smallest absolute Gasteiger partial charge is 0.0972 e. The van der Waals surface area contributed by atoms with Gasteiger partial charge in [-0.25, -0.2) is 0 Å². The molecule has 1 aliphatic heterocycles. The second-order valence-electron chi connectivity index (χ2n) is 4.54. The molecular weight excluding hydrogens is 202 g/mol. The maximum Gasteiger partial charge on any atom is 0.0972 e. The first kappa shape index (κ1) is 11.5. The summed E-state index contributed by atoms with van der Waals surface area (Å²) in [6.07, 6.45) is 3.02. The molecule has 4 nitrogen and oxygen atoms in total. The fourth-order valence-corrected chi connectivity index (χ4v) is 2.16. The van der Waals surface area contributed by atoms with Crippen molar-refractivity contribution < 1.29 is 5.11 Å². The van der Waals surface area contributed by atoms with Crippen LogP contribution in [0.2, 0.25) is 0 Å². The van der Waals surface area contributed by atoms with Crippen molar-refractivity contribution in [1.29, 1.82) is 0 Å². The van der Waals surface area contributed by atoms with E-state index in [0.717, 1.165) is 25.2 Å². The molecule has 0 aromatic carbocycles. The molecule has 1 aliphatic rings. The van der Waals surface area contributed by atoms with E-state index >= 15 is 0 Å². The third kappa shape index (κ3) is 2.40. The molecule has 0 saturated carbocycles. The Morgan fingerprint density at radius 2 is 2.25 bits per heavy atom. The first-order valence-electron chi connectivity index (χ1n) is 5.65. The molecule has 1 aromatic rings. The van der Waals surface area contributed by atoms with E-state index in [-0.39, 0.29) is 6.04 Å². The summed E-state index contributed by atoms with van der Waals surface area (Å²) >= 11 is 0. The van der Waals surface area contributed by atoms with E-state index in [1.807, 2.05) is 12.1 Å². The molecule has 0 amide bonds. The van der Waals surface area contributed by atoms with Crippen molar-refractivity contribution in [3.63, 3.8) is 0 Å². The van der Waals surface area contributed by atoms with Crippen molar-refractivity contribution in [3.05, 3.63) is 30.1 Å². The Labute approximate surface area is 96.5 Å². The fourth-order valence-electron chi connectivity index (χ4n) is 2.16. The molecule has 4 heteroatoms. The third-order valence-corrected chi connectivity index (χ3v) is 3.29. The minimum absolute atomic E-state index is 0.156. The maximum absolute atomic E-state index is 10.3. The van der Waals surface area contributed by atoms with Gasteiger partial charge in [0.1, 0.15) is 0 Å². The SMILES string of the molecule is CN1CCN(C)C(C(O)c2cccnc2)C1. The van der Waals surface area contributed by atoms with E-state index in [1.54, 1.807) is 12.4 Å². The average molecular weight is 221 g/mol. The lowest BCUT2D eigenvalue weighted by Crippen LogP contribution is -2.52. The van der Waals surface area contributed by atoms with E-state index < -0.39 is 6.10 Å². The zero-order valence-electron chi connectivity index (χ0n) is 9.87. The molecule has 0 bridgehead atoms. The van der Waals surface area contributed by atoms with Crippen LogP contribution in [-0.2, 0) is 0 Å². The molecule has 2 atom stereocenters. The number of aromatic nitrogens is 1. The van der Waals surface area contributed by atoms with Gasteiger partial charge in [0.05, 0.1) is 12.1 Å². The van der Waals surface area contributed by atoms with Crippen LogP contribution in [0, 0.1) is 0 Å². The zero-order valence-corrected chi connectivity index (χ0v) is 9.87. The molecule has 2 heterocycles. The van der Waals surface area contributed by atoms with Crippen molar-refractivity contribution in [2.75, 3.05) is 33.7 Å². The van der Waals surface area contributed by atoms with Gasteiger partial charge < -0.3 is 10.0 Å². The molecule has 0 radical (unpaired) electrons. The Morgan fingerprint density at radius 1 is 1.44 bits per heavy atom. The van der Waals surface area contributed by atoms with E-state index in [9.17, 15) is 5.11 Å². The van der Waals surface area contributed by atoms with E-state index in [2.05, 4.69) is 28.9 Å². The molecule has 1 N–H and O–H groups in total. The quantitative estimate of drug-likeness (QED) is 0.783. The summed E-state index contributed by atoms with van der Waals surface area (Å²) in [5, 5.41) is 10.3. The molecular formula is C12H19N3O. The molecule has 1 aromatic heterocycles. The first-order valence-corrected chi connectivity index (χ1v) is 5.65. The van der Waals surface area contributed by atoms with E-state index in [0.29, 0.717) is 0 Å². The molecule has 1 saturated heterocycles. The number of nitrogens with zero attached hydrogens (tertiary/aromatic N) is 3. The van der Waals surface area contributed by atoms with Crippen LogP contribution in [0.15, 0.2) is 24.5 Å². The monoisotopic (exact) mass is 221 g/mol. The highest BCUT2D eigenvalue weighted by molar-refractivity contribution is 5.14. The minimum atomic E-state index is -0.457. The molecule has 16 heavy (non-hydrogen) atoms. The Kier molecular flexibility index (Phi) is 3.53. The number of hydrogen-bond acceptors (Lipinski definition) is 4. The summed E-state index contributed by atoms with van der Waals surface area (Å²) in [5.41, 5.74) is 0.898. The van der Waals surface area contributed by atoms with Gasteiger partial charge in [-0.15, -0.1) is 0 Å². The van der Waals surface area contributed by atoms with Gasteiger partial charge in [0, 0.05) is 37.6 Å². The first-order chi connectivity index (χ1) is 7.68. The Hall–Kier alpha value is -0.970. The van der Waals surface area contributed by atoms with Gasteiger partial charge in [0.2, 0.25) is 0 Å². The number of piperazine rings is 1. The lowest BCUT2D eigenvalue weighted by molar-refractivity contribution is 0.0137. The number of aliphatic hydroxyl groups excluding tert-OH is 1. The lowest BCUT2D eigenvalue weighted by atomic mass is 10.0. The van der Waals surface area contributed by atoms with Crippen LogP contribution >= 0.6 is 0 Å². The second-order valence-corrected chi connectivity index (χ2v) is 4.54. The minimum Gasteiger partial charge on any atom is -0.387 e. The number of hydrogen-bond donors (Lipinski definition) is 1. The lowest BCUT2D eigenvalue weighted by Gasteiger charge is -2.40. The summed E-state index contributed by atoms with van der Waals surface area (Å²) in [7, 11) is 4.16. The van der Waals surface area contributed by atoms with Gasteiger partial charge in [-0.3, -0.25) is 9.88 Å². The summed E-state index contributed by atoms with van der Waals surface area (Å²) in [5.74, 6) is 0. The van der Waals surface area contributed by atoms with Crippen LogP contribution < -0.4 is 0 Å². The zero-order chi connectivity index (χ0) is 11.5. The van der Waals surface area contributed by atoms with Crippen molar-refractivity contribution in [3.8, 4) is 0 Å². The van der Waals surface area contributed by atoms with Crippen LogP contribution in [0.3, 0.4) is 0 Å². The molecule has 2 rings (SSSR count). The van der Waals surface area contributed by atoms with Gasteiger partial charge in [-0.1, -0.05) is 6.07 Å². The largest absolute Gasteiger partial charge is 0.387 e. The van der Waals surface area contributed by atoms with Crippen LogP contribution in [0.4, 0.5) is 0 Å². The van der Waals surface area contributed by atoms with Crippen molar-refractivity contribution in [2.24, 2.45) is 0 Å². The fraction of sp³-hybridized carbons (Fsp3) is 0.583. The number of likely N-dealkylation sites (N-methyl/N-ethyl adjacent to an activating group) is 2. The molecule has 2 unspecified atom stereocenters. The summed E-state index contributed by atoms with van der Waals surface area (Å²) in [6, 6.07) is 3.95. The highest BCUT2D eigenvalue weighted by Gasteiger charge is 2.29. The highest BCUT2D eigenvalue weighted by atomic mass is 16.3. The normalized spacial score (nSPS) is 25.6. The topological polar surface area (TPSA) is 39.6 Å². The standard InChI is InChI=1S/C12H19N3O/c1-14-6-7-15(2)11(9-14)12(16)10-4-3-5-13-8-10/h3-5,8,11-12,16H,6-7,9H2,1-2H3. The molecule has 88 valence electrons. The maximum atomic E-state index is 10.3. The van der Waals surface area contributed by atoms with Crippen LogP contribution in [-0.4, -0.2) is 59.7 Å². The second kappa shape index (κ2) is 4.91. The van der Waals surface area contributed by atoms with Gasteiger partial charge in [-0.2, -0.15) is 0 Å². The van der Waals surface area contributed by atoms with Crippen LogP contribution in [0.5, 0.6) is 0 Å². The van der Waals surface area contributed by atoms with Gasteiger partial charge in [0.15, 0.2) is 0 Å². The van der Waals surface area contributed by atoms with Crippen LogP contribution in [0.1, 0.15) is 11.7 Å². The number of aliphatic hydroxyl groups is 1. The highest BCUT2D eigenvalue weighted by Crippen LogP contribution is 2.22. The number of pyridine rings is 1. The Morgan fingerprint density at radius 3 is 2.94 bits per heavy atom. The van der Waals surface area contributed by atoms with E-state index in [1.165, 1.54) is 0 Å². The van der Waals surface area contributed by atoms with Gasteiger partial charge in [0.25, 0.3) is 0 Å². The summed E-state index contributed by atoms with van der Waals surface area (Å²) in [6.45, 7) is 2.96. The molecule has 1 fully saturated rings. The average Bonchev–Trinajstić information content (AvgIpc) is 2.32. The number of rotatable bonds is 2. The predicted octanol–water partition coefficient (Wildman–Crippen LogP) is 0.361. The Bertz CT molecular complexity index is 330. The van der Waals surface area contributed by atoms with Crippen molar-refractivity contribution in [2.45, 2.75) is 12.1 Å². The molecule has 0 aliphatic carbocycles. The van der Waals surface area contributed by atoms with E-state index in [4.69, 9.17) is 0 Å². The van der Waals surface area contributed by atoms with Crippen LogP contribution in [0.25, 0.3) is 0 Å². The summed E-state index contributed by atoms with van der Waals surface area (Å²) in [4.78, 5) is 8.53. The van der Waals surface area contributed by atoms with Gasteiger partial charge >= 0.3 is 0 Å². The predicted molar refractivity (Wildman–Crippen MR) is 63.1 cm³/mol. The Balaban J connectivity index is 2.11.